The molecule has 0 aliphatic heterocycles. The predicted molar refractivity (Wildman–Crippen MR) is 96.2 cm³/mol. The third kappa shape index (κ3) is 6.58. The molecule has 7 nitrogen and oxygen atoms in total. The lowest BCUT2D eigenvalue weighted by molar-refractivity contribution is 0.123. The molecule has 1 rings (SSSR count). The molecule has 0 radical (unpaired) electrons. The Morgan fingerprint density at radius 1 is 1.12 bits per heavy atom. The van der Waals surface area contributed by atoms with Crippen LogP contribution in [0.25, 0.3) is 0 Å². The maximum Gasteiger partial charge on any atom is 0.500 e. The third-order valence-corrected chi connectivity index (χ3v) is 6.49. The highest BCUT2D eigenvalue weighted by Crippen LogP contribution is 2.21. The van der Waals surface area contributed by atoms with Crippen LogP contribution in [0, 0.1) is 0 Å². The second kappa shape index (κ2) is 11.2. The van der Waals surface area contributed by atoms with Crippen LogP contribution in [0.1, 0.15) is 12.0 Å². The number of aromatic hydroxyl groups is 1. The van der Waals surface area contributed by atoms with Crippen molar-refractivity contribution in [3.63, 3.8) is 0 Å². The van der Waals surface area contributed by atoms with Gasteiger partial charge in [0.15, 0.2) is 0 Å². The molecule has 0 aromatic heterocycles. The van der Waals surface area contributed by atoms with Crippen molar-refractivity contribution in [2.45, 2.75) is 12.5 Å². The van der Waals surface area contributed by atoms with Crippen LogP contribution in [-0.2, 0) is 13.3 Å². The van der Waals surface area contributed by atoms with Gasteiger partial charge in [-0.2, -0.15) is 0 Å². The number of nitrogens with zero attached hydrogens (tertiary/aromatic N) is 1. The number of ether oxygens (including phenoxy) is 1. The topological polar surface area (TPSA) is 81.5 Å². The summed E-state index contributed by atoms with van der Waals surface area (Å²) in [5.74, 6) is 0.778. The second-order valence-electron chi connectivity index (χ2n) is 5.11. The molecule has 0 heterocycles. The Morgan fingerprint density at radius 3 is 2.42 bits per heavy atom. The van der Waals surface area contributed by atoms with Gasteiger partial charge in [0.2, 0.25) is 0 Å². The van der Waals surface area contributed by atoms with Crippen molar-refractivity contribution < 1.29 is 23.1 Å². The first kappa shape index (κ1) is 20.6. The minimum absolute atomic E-state index is 0.158. The lowest BCUT2D eigenvalue weighted by atomic mass is 10.2. The van der Waals surface area contributed by atoms with Crippen LogP contribution < -0.4 is 10.1 Å². The molecule has 0 unspecified atom stereocenters. The molecule has 1 aromatic carbocycles. The van der Waals surface area contributed by atoms with Gasteiger partial charge in [0, 0.05) is 51.8 Å². The molecular formula is C16H28N2O5Si. The van der Waals surface area contributed by atoms with Crippen molar-refractivity contribution in [2.75, 3.05) is 48.1 Å². The fraction of sp³-hybridized carbons (Fsp3) is 0.562. The van der Waals surface area contributed by atoms with Crippen molar-refractivity contribution in [2.24, 2.45) is 4.99 Å². The maximum atomic E-state index is 9.82. The van der Waals surface area contributed by atoms with E-state index in [1.54, 1.807) is 52.9 Å². The molecule has 8 heteroatoms. The first-order chi connectivity index (χ1) is 11.6. The van der Waals surface area contributed by atoms with Gasteiger partial charge in [-0.1, -0.05) is 0 Å². The first-order valence-corrected chi connectivity index (χ1v) is 9.77. The average molecular weight is 356 g/mol. The summed E-state index contributed by atoms with van der Waals surface area (Å²) in [5, 5.41) is 13.1. The van der Waals surface area contributed by atoms with Crippen LogP contribution in [0.15, 0.2) is 23.2 Å². The minimum atomic E-state index is -2.46. The summed E-state index contributed by atoms with van der Waals surface area (Å²) >= 11 is 0. The molecule has 0 aliphatic rings. The summed E-state index contributed by atoms with van der Waals surface area (Å²) < 4.78 is 21.1. The van der Waals surface area contributed by atoms with E-state index in [9.17, 15) is 5.11 Å². The molecular weight excluding hydrogens is 328 g/mol. The van der Waals surface area contributed by atoms with Crippen LogP contribution in [-0.4, -0.2) is 68.2 Å². The van der Waals surface area contributed by atoms with Crippen LogP contribution in [0.2, 0.25) is 6.04 Å². The van der Waals surface area contributed by atoms with E-state index in [1.165, 1.54) is 0 Å². The Bertz CT molecular complexity index is 501. The summed E-state index contributed by atoms with van der Waals surface area (Å²) in [6, 6.07) is 5.90. The Labute approximate surface area is 145 Å². The van der Waals surface area contributed by atoms with Crippen molar-refractivity contribution in [3.8, 4) is 11.5 Å². The molecule has 0 bridgehead atoms. The van der Waals surface area contributed by atoms with Gasteiger partial charge in [-0.25, -0.2) is 0 Å². The Hall–Kier alpha value is -1.45. The molecule has 0 atom stereocenters. The summed E-state index contributed by atoms with van der Waals surface area (Å²) in [6.07, 6.45) is 2.57. The van der Waals surface area contributed by atoms with Gasteiger partial charge < -0.3 is 28.4 Å². The van der Waals surface area contributed by atoms with Gasteiger partial charge in [-0.05, 0) is 25.1 Å². The monoisotopic (exact) mass is 356 g/mol. The number of hydrogen-bond donors (Lipinski definition) is 2. The SMILES string of the molecule is COc1ccc(C=NCCNCCC[Si](OC)(OC)OC)c(O)c1. The predicted octanol–water partition coefficient (Wildman–Crippen LogP) is 1.68. The molecule has 0 spiro atoms. The number of methoxy groups -OCH3 is 1. The van der Waals surface area contributed by atoms with E-state index in [-0.39, 0.29) is 5.75 Å². The number of phenols is 1. The Kier molecular flexibility index (Phi) is 9.58. The van der Waals surface area contributed by atoms with Crippen LogP contribution in [0.4, 0.5) is 0 Å². The fourth-order valence-corrected chi connectivity index (χ4v) is 3.90. The molecule has 0 fully saturated rings. The fourth-order valence-electron chi connectivity index (χ4n) is 2.18. The van der Waals surface area contributed by atoms with Crippen LogP contribution in [0.3, 0.4) is 0 Å². The van der Waals surface area contributed by atoms with Gasteiger partial charge in [0.1, 0.15) is 11.5 Å². The summed E-state index contributed by atoms with van der Waals surface area (Å²) in [4.78, 5) is 4.30. The number of hydrogen-bond acceptors (Lipinski definition) is 7. The first-order valence-electron chi connectivity index (χ1n) is 7.83. The highest BCUT2D eigenvalue weighted by molar-refractivity contribution is 6.60. The zero-order chi connectivity index (χ0) is 17.8. The molecule has 1 aromatic rings. The van der Waals surface area contributed by atoms with Gasteiger partial charge in [-0.15, -0.1) is 0 Å². The zero-order valence-electron chi connectivity index (χ0n) is 14.9. The lowest BCUT2D eigenvalue weighted by Crippen LogP contribution is -2.43. The molecule has 136 valence electrons. The second-order valence-corrected chi connectivity index (χ2v) is 8.20. The van der Waals surface area contributed by atoms with E-state index in [2.05, 4.69) is 10.3 Å². The zero-order valence-corrected chi connectivity index (χ0v) is 15.9. The molecule has 0 saturated heterocycles. The number of benzene rings is 1. The largest absolute Gasteiger partial charge is 0.507 e. The van der Waals surface area contributed by atoms with Crippen LogP contribution >= 0.6 is 0 Å². The lowest BCUT2D eigenvalue weighted by Gasteiger charge is -2.24. The van der Waals surface area contributed by atoms with Crippen LogP contribution in [0.5, 0.6) is 11.5 Å². The number of phenolic OH excluding ortho intramolecular Hbond substituents is 1. The van der Waals surface area contributed by atoms with Crippen molar-refractivity contribution >= 4 is 15.0 Å². The van der Waals surface area contributed by atoms with E-state index >= 15 is 0 Å². The van der Waals surface area contributed by atoms with Crippen molar-refractivity contribution in [1.29, 1.82) is 0 Å². The number of nitrogens with one attached hydrogen (secondary N) is 1. The molecule has 24 heavy (non-hydrogen) atoms. The van der Waals surface area contributed by atoms with E-state index in [4.69, 9.17) is 18.0 Å². The Balaban J connectivity index is 2.22. The van der Waals surface area contributed by atoms with Gasteiger partial charge in [-0.3, -0.25) is 4.99 Å². The molecule has 2 N–H and O–H groups in total. The normalized spacial score (nSPS) is 12.0. The molecule has 0 saturated carbocycles. The maximum absolute atomic E-state index is 9.82. The summed E-state index contributed by atoms with van der Waals surface area (Å²) in [6.45, 7) is 2.23. The highest BCUT2D eigenvalue weighted by atomic mass is 28.4. The van der Waals surface area contributed by atoms with Gasteiger partial charge in [0.25, 0.3) is 0 Å². The minimum Gasteiger partial charge on any atom is -0.507 e. The summed E-state index contributed by atoms with van der Waals surface area (Å²) in [5.41, 5.74) is 0.673. The average Bonchev–Trinajstić information content (AvgIpc) is 2.62. The Morgan fingerprint density at radius 2 is 1.83 bits per heavy atom. The molecule has 0 aliphatic carbocycles. The van der Waals surface area contributed by atoms with E-state index in [0.717, 1.165) is 25.6 Å². The van der Waals surface area contributed by atoms with E-state index in [0.29, 0.717) is 17.9 Å². The highest BCUT2D eigenvalue weighted by Gasteiger charge is 2.36. The van der Waals surface area contributed by atoms with Crippen molar-refractivity contribution in [1.82, 2.24) is 5.32 Å². The van der Waals surface area contributed by atoms with Crippen molar-refractivity contribution in [3.05, 3.63) is 23.8 Å². The van der Waals surface area contributed by atoms with Gasteiger partial charge in [0.05, 0.1) is 13.7 Å². The number of aliphatic imine (C=N–C) groups is 1. The van der Waals surface area contributed by atoms with E-state index < -0.39 is 8.80 Å². The van der Waals surface area contributed by atoms with Gasteiger partial charge >= 0.3 is 8.80 Å². The quantitative estimate of drug-likeness (QED) is 0.337. The standard InChI is InChI=1S/C16H28N2O5Si/c1-20-15-7-6-14(16(19)12-15)13-18-10-9-17-8-5-11-24(21-2,22-3)23-4/h6-7,12-13,17,19H,5,8-11H2,1-4H3. The molecule has 0 amide bonds. The third-order valence-electron chi connectivity index (χ3n) is 3.66. The smallest absolute Gasteiger partial charge is 0.500 e. The number of rotatable bonds is 12. The summed E-state index contributed by atoms with van der Waals surface area (Å²) in [7, 11) is 3.97. The van der Waals surface area contributed by atoms with E-state index in [1.807, 2.05) is 0 Å².